The van der Waals surface area contributed by atoms with Gasteiger partial charge in [-0.1, -0.05) is 28.1 Å². The first kappa shape index (κ1) is 20.1. The van der Waals surface area contributed by atoms with E-state index in [0.717, 1.165) is 10.0 Å². The Morgan fingerprint density at radius 1 is 1.08 bits per heavy atom. The molecule has 0 radical (unpaired) electrons. The Balaban J connectivity index is 1.85. The van der Waals surface area contributed by atoms with Gasteiger partial charge in [0.1, 0.15) is 0 Å². The highest BCUT2D eigenvalue weighted by molar-refractivity contribution is 9.10. The molecule has 9 heteroatoms. The fraction of sp³-hybridized carbons (Fsp3) is 0.176. The third-order valence-electron chi connectivity index (χ3n) is 3.53. The first-order valence-corrected chi connectivity index (χ1v) is 9.93. The summed E-state index contributed by atoms with van der Waals surface area (Å²) in [4.78, 5) is 23.8. The molecule has 0 aliphatic heterocycles. The molecule has 0 saturated heterocycles. The molecule has 0 unspecified atom stereocenters. The van der Waals surface area contributed by atoms with Gasteiger partial charge in [-0.2, -0.15) is 0 Å². The first-order chi connectivity index (χ1) is 12.1. The van der Waals surface area contributed by atoms with Crippen LogP contribution < -0.4 is 15.8 Å². The average molecular weight is 440 g/mol. The lowest BCUT2D eigenvalue weighted by Gasteiger charge is -2.10. The van der Waals surface area contributed by atoms with E-state index in [4.69, 9.17) is 5.14 Å². The minimum Gasteiger partial charge on any atom is -0.347 e. The molecule has 0 bridgehead atoms. The highest BCUT2D eigenvalue weighted by Gasteiger charge is 2.10. The fourth-order valence-electron chi connectivity index (χ4n) is 2.19. The second kappa shape index (κ2) is 8.43. The van der Waals surface area contributed by atoms with Gasteiger partial charge < -0.3 is 10.6 Å². The lowest BCUT2D eigenvalue weighted by Crippen LogP contribution is -2.33. The molecule has 0 saturated carbocycles. The summed E-state index contributed by atoms with van der Waals surface area (Å²) in [5.74, 6) is -0.690. The number of hydrogen-bond acceptors (Lipinski definition) is 4. The number of sulfonamides is 1. The van der Waals surface area contributed by atoms with E-state index in [0.29, 0.717) is 11.3 Å². The number of primary sulfonamides is 1. The van der Waals surface area contributed by atoms with E-state index in [9.17, 15) is 18.0 Å². The molecule has 0 fully saturated rings. The van der Waals surface area contributed by atoms with Crippen molar-refractivity contribution in [3.05, 3.63) is 58.1 Å². The standard InChI is InChI=1S/C17H18BrN3O4S/c1-11-8-13(18)4-7-15(11)21-17(23)10-20-16(22)9-12-2-5-14(6-3-12)26(19,24)25/h2-8H,9-10H2,1H3,(H,20,22)(H,21,23)(H2,19,24,25). The van der Waals surface area contributed by atoms with Crippen molar-refractivity contribution in [2.75, 3.05) is 11.9 Å². The molecule has 2 aromatic carbocycles. The summed E-state index contributed by atoms with van der Waals surface area (Å²) < 4.78 is 23.3. The van der Waals surface area contributed by atoms with E-state index < -0.39 is 10.0 Å². The number of nitrogens with one attached hydrogen (secondary N) is 2. The molecule has 0 aromatic heterocycles. The molecule has 0 aliphatic rings. The van der Waals surface area contributed by atoms with Gasteiger partial charge in [-0.05, 0) is 48.4 Å². The smallest absolute Gasteiger partial charge is 0.243 e. The number of benzene rings is 2. The molecule has 26 heavy (non-hydrogen) atoms. The molecular formula is C17H18BrN3O4S. The van der Waals surface area contributed by atoms with Crippen LogP contribution in [0.3, 0.4) is 0 Å². The van der Waals surface area contributed by atoms with Crippen LogP contribution in [-0.4, -0.2) is 26.8 Å². The number of hydrogen-bond donors (Lipinski definition) is 3. The summed E-state index contributed by atoms with van der Waals surface area (Å²) in [6.45, 7) is 1.70. The van der Waals surface area contributed by atoms with Crippen molar-refractivity contribution in [1.29, 1.82) is 0 Å². The van der Waals surface area contributed by atoms with E-state index >= 15 is 0 Å². The molecule has 0 atom stereocenters. The summed E-state index contributed by atoms with van der Waals surface area (Å²) in [5.41, 5.74) is 2.18. The largest absolute Gasteiger partial charge is 0.347 e. The molecule has 138 valence electrons. The van der Waals surface area contributed by atoms with Crippen molar-refractivity contribution in [3.63, 3.8) is 0 Å². The van der Waals surface area contributed by atoms with Gasteiger partial charge in [0.05, 0.1) is 17.9 Å². The summed E-state index contributed by atoms with van der Waals surface area (Å²) >= 11 is 3.35. The van der Waals surface area contributed by atoms with Gasteiger partial charge in [-0.25, -0.2) is 13.6 Å². The molecule has 0 spiro atoms. The SMILES string of the molecule is Cc1cc(Br)ccc1NC(=O)CNC(=O)Cc1ccc(S(N)(=O)=O)cc1. The number of nitrogens with two attached hydrogens (primary N) is 1. The fourth-order valence-corrected chi connectivity index (χ4v) is 3.18. The van der Waals surface area contributed by atoms with Crippen LogP contribution in [0.1, 0.15) is 11.1 Å². The van der Waals surface area contributed by atoms with Crippen molar-refractivity contribution < 1.29 is 18.0 Å². The van der Waals surface area contributed by atoms with Crippen molar-refractivity contribution >= 4 is 43.5 Å². The number of carbonyl (C=O) groups excluding carboxylic acids is 2. The van der Waals surface area contributed by atoms with Gasteiger partial charge in [0.25, 0.3) is 0 Å². The Labute approximate surface area is 160 Å². The number of carbonyl (C=O) groups is 2. The monoisotopic (exact) mass is 439 g/mol. The van der Waals surface area contributed by atoms with Crippen molar-refractivity contribution in [2.45, 2.75) is 18.2 Å². The van der Waals surface area contributed by atoms with Gasteiger partial charge in [-0.3, -0.25) is 9.59 Å². The molecule has 2 amide bonds. The maximum absolute atomic E-state index is 11.9. The van der Waals surface area contributed by atoms with Gasteiger partial charge >= 0.3 is 0 Å². The number of anilines is 1. The Morgan fingerprint density at radius 3 is 2.31 bits per heavy atom. The van der Waals surface area contributed by atoms with E-state index in [1.165, 1.54) is 24.3 Å². The topological polar surface area (TPSA) is 118 Å². The summed E-state index contributed by atoms with van der Waals surface area (Å²) in [6, 6.07) is 11.1. The lowest BCUT2D eigenvalue weighted by atomic mass is 10.1. The van der Waals surface area contributed by atoms with Gasteiger partial charge in [0.2, 0.25) is 21.8 Å². The van der Waals surface area contributed by atoms with Crippen molar-refractivity contribution in [3.8, 4) is 0 Å². The lowest BCUT2D eigenvalue weighted by molar-refractivity contribution is -0.123. The van der Waals surface area contributed by atoms with Gasteiger partial charge in [-0.15, -0.1) is 0 Å². The van der Waals surface area contributed by atoms with Crippen LogP contribution in [0, 0.1) is 6.92 Å². The molecule has 2 rings (SSSR count). The third kappa shape index (κ3) is 5.94. The van der Waals surface area contributed by atoms with E-state index in [-0.39, 0.29) is 29.7 Å². The Kier molecular flexibility index (Phi) is 6.52. The van der Waals surface area contributed by atoms with Crippen LogP contribution >= 0.6 is 15.9 Å². The molecule has 7 nitrogen and oxygen atoms in total. The quantitative estimate of drug-likeness (QED) is 0.634. The predicted molar refractivity (Wildman–Crippen MR) is 102 cm³/mol. The van der Waals surface area contributed by atoms with Crippen LogP contribution in [0.25, 0.3) is 0 Å². The van der Waals surface area contributed by atoms with Crippen molar-refractivity contribution in [2.24, 2.45) is 5.14 Å². The second-order valence-corrected chi connectivity index (χ2v) is 8.13. The summed E-state index contributed by atoms with van der Waals surface area (Å²) in [7, 11) is -3.76. The highest BCUT2D eigenvalue weighted by Crippen LogP contribution is 2.19. The zero-order valence-electron chi connectivity index (χ0n) is 14.0. The predicted octanol–water partition coefficient (Wildman–Crippen LogP) is 1.70. The number of aryl methyl sites for hydroxylation is 1. The maximum atomic E-state index is 11.9. The van der Waals surface area contributed by atoms with Gasteiger partial charge in [0.15, 0.2) is 0 Å². The van der Waals surface area contributed by atoms with Crippen LogP contribution in [0.2, 0.25) is 0 Å². The Hall–Kier alpha value is -2.23. The minimum atomic E-state index is -3.76. The molecule has 2 aromatic rings. The summed E-state index contributed by atoms with van der Waals surface area (Å²) in [5, 5.41) is 10.3. The van der Waals surface area contributed by atoms with Crippen molar-refractivity contribution in [1.82, 2.24) is 5.32 Å². The average Bonchev–Trinajstić information content (AvgIpc) is 2.55. The van der Waals surface area contributed by atoms with Crippen LogP contribution in [0.15, 0.2) is 51.8 Å². The minimum absolute atomic E-state index is 0.0223. The number of rotatable bonds is 6. The van der Waals surface area contributed by atoms with Crippen LogP contribution in [0.4, 0.5) is 5.69 Å². The second-order valence-electron chi connectivity index (χ2n) is 5.65. The molecule has 0 aliphatic carbocycles. The molecular weight excluding hydrogens is 422 g/mol. The molecule has 4 N–H and O–H groups in total. The Morgan fingerprint density at radius 2 is 1.73 bits per heavy atom. The van der Waals surface area contributed by atoms with E-state index in [2.05, 4.69) is 26.6 Å². The van der Waals surface area contributed by atoms with Crippen LogP contribution in [-0.2, 0) is 26.0 Å². The number of amides is 2. The van der Waals surface area contributed by atoms with E-state index in [1.807, 2.05) is 19.1 Å². The molecule has 0 heterocycles. The normalized spacial score (nSPS) is 11.0. The zero-order valence-corrected chi connectivity index (χ0v) is 16.4. The summed E-state index contributed by atoms with van der Waals surface area (Å²) in [6.07, 6.45) is 0.0233. The Bertz CT molecular complexity index is 928. The zero-order chi connectivity index (χ0) is 19.3. The highest BCUT2D eigenvalue weighted by atomic mass is 79.9. The van der Waals surface area contributed by atoms with Gasteiger partial charge in [0, 0.05) is 10.2 Å². The number of halogens is 1. The van der Waals surface area contributed by atoms with Crippen LogP contribution in [0.5, 0.6) is 0 Å². The third-order valence-corrected chi connectivity index (χ3v) is 4.95. The van der Waals surface area contributed by atoms with E-state index in [1.54, 1.807) is 6.07 Å². The maximum Gasteiger partial charge on any atom is 0.243 e. The first-order valence-electron chi connectivity index (χ1n) is 7.59.